The van der Waals surface area contributed by atoms with Gasteiger partial charge in [0.1, 0.15) is 5.82 Å². The lowest BCUT2D eigenvalue weighted by atomic mass is 9.84. The summed E-state index contributed by atoms with van der Waals surface area (Å²) in [6.07, 6.45) is -2.79. The van der Waals surface area contributed by atoms with E-state index >= 15 is 0 Å². The van der Waals surface area contributed by atoms with Crippen LogP contribution in [0.3, 0.4) is 0 Å². The summed E-state index contributed by atoms with van der Waals surface area (Å²) in [5, 5.41) is 3.00. The number of benzene rings is 9. The quantitative estimate of drug-likeness (QED) is 0.150. The first-order valence-electron chi connectivity index (χ1n) is 25.2. The molecule has 0 aliphatic heterocycles. The highest BCUT2D eigenvalue weighted by molar-refractivity contribution is 6.22. The average Bonchev–Trinajstić information content (AvgIpc) is 3.76. The first-order chi connectivity index (χ1) is 33.3. The van der Waals surface area contributed by atoms with E-state index < -0.39 is 49.5 Å². The van der Waals surface area contributed by atoms with Crippen molar-refractivity contribution in [3.05, 3.63) is 206 Å². The summed E-state index contributed by atoms with van der Waals surface area (Å²) in [6.45, 7) is -3.01. The summed E-state index contributed by atoms with van der Waals surface area (Å²) < 4.78 is 129. The van der Waals surface area contributed by atoms with E-state index in [1.165, 1.54) is 0 Å². The van der Waals surface area contributed by atoms with Crippen LogP contribution in [-0.4, -0.2) is 9.55 Å². The maximum Gasteiger partial charge on any atom is 0.114 e. The Balaban J connectivity index is 1.22. The van der Waals surface area contributed by atoms with E-state index in [0.29, 0.717) is 44.4 Å². The Morgan fingerprint density at radius 3 is 1.67 bits per heavy atom. The normalized spacial score (nSPS) is 15.8. The summed E-state index contributed by atoms with van der Waals surface area (Å²) >= 11 is 0. The van der Waals surface area contributed by atoms with Crippen LogP contribution in [0.1, 0.15) is 33.2 Å². The summed E-state index contributed by atoms with van der Waals surface area (Å²) in [5.41, 5.74) is 6.77. The molecule has 10 aromatic rings. The van der Waals surface area contributed by atoms with E-state index in [4.69, 9.17) is 20.6 Å². The van der Waals surface area contributed by atoms with Gasteiger partial charge in [-0.1, -0.05) is 164 Å². The number of hydrogen-bond acceptors (Lipinski definition) is 1. The second-order valence-electron chi connectivity index (χ2n) is 13.2. The molecule has 0 aliphatic rings. The second-order valence-corrected chi connectivity index (χ2v) is 13.2. The van der Waals surface area contributed by atoms with Gasteiger partial charge in [0.2, 0.25) is 0 Å². The molecule has 260 valence electrons. The first-order valence-corrected chi connectivity index (χ1v) is 17.7. The lowest BCUT2D eigenvalue weighted by Gasteiger charge is -2.19. The third kappa shape index (κ3) is 5.80. The third-order valence-electron chi connectivity index (χ3n) is 10.0. The molecule has 0 bridgehead atoms. The number of hydrogen-bond donors (Lipinski definition) is 0. The van der Waals surface area contributed by atoms with Crippen molar-refractivity contribution in [1.29, 1.82) is 0 Å². The van der Waals surface area contributed by atoms with Crippen LogP contribution in [0.2, 0.25) is 0 Å². The van der Waals surface area contributed by atoms with Gasteiger partial charge in [0, 0.05) is 18.9 Å². The molecular formula is C53H38N2. The van der Waals surface area contributed by atoms with Crippen molar-refractivity contribution in [3.63, 3.8) is 0 Å². The predicted octanol–water partition coefficient (Wildman–Crippen LogP) is 14.2. The van der Waals surface area contributed by atoms with Crippen molar-refractivity contribution in [2.45, 2.75) is 13.2 Å². The van der Waals surface area contributed by atoms with E-state index in [9.17, 15) is 0 Å². The van der Waals surface area contributed by atoms with Gasteiger partial charge >= 0.3 is 0 Å². The Morgan fingerprint density at radius 2 is 1.00 bits per heavy atom. The SMILES string of the molecule is [2H]c1c([2H])c([2H])c(-c2cccc(-c3c4ccccc4c(-c4cccc(-c5cccc(-n6c(C([2H])([2H])C([2H])([2H])[2H])nc7ccccc76)c5)c4)c4ccc(-c5c([2H])c([2H])c([2H])c([2H])c5[2H])cc34)c2)c([2H])c1[2H]. The van der Waals surface area contributed by atoms with Crippen LogP contribution < -0.4 is 0 Å². The van der Waals surface area contributed by atoms with Crippen LogP contribution in [0.25, 0.3) is 93.9 Å². The molecule has 2 heteroatoms. The molecule has 2 nitrogen and oxygen atoms in total. The van der Waals surface area contributed by atoms with Gasteiger partial charge < -0.3 is 0 Å². The van der Waals surface area contributed by atoms with Crippen molar-refractivity contribution in [2.24, 2.45) is 0 Å². The number of aryl methyl sites for hydroxylation is 1. The molecule has 0 spiro atoms. The van der Waals surface area contributed by atoms with Gasteiger partial charge in [-0.25, -0.2) is 4.98 Å². The maximum atomic E-state index is 8.89. The molecule has 1 aromatic heterocycles. The summed E-state index contributed by atoms with van der Waals surface area (Å²) in [5.74, 6) is -0.251. The van der Waals surface area contributed by atoms with Crippen molar-refractivity contribution >= 4 is 32.6 Å². The topological polar surface area (TPSA) is 17.8 Å². The zero-order valence-corrected chi connectivity index (χ0v) is 29.2. The van der Waals surface area contributed by atoms with Gasteiger partial charge in [0.05, 0.1) is 24.7 Å². The van der Waals surface area contributed by atoms with E-state index in [2.05, 4.69) is 4.98 Å². The number of para-hydroxylation sites is 2. The third-order valence-corrected chi connectivity index (χ3v) is 10.0. The van der Waals surface area contributed by atoms with Gasteiger partial charge in [-0.05, 0) is 120 Å². The molecule has 55 heavy (non-hydrogen) atoms. The lowest BCUT2D eigenvalue weighted by molar-refractivity contribution is 0.908. The molecule has 0 atom stereocenters. The number of nitrogens with zero attached hydrogens (tertiary/aromatic N) is 2. The molecule has 0 unspecified atom stereocenters. The largest absolute Gasteiger partial charge is 0.296 e. The fraction of sp³-hybridized carbons (Fsp3) is 0.0377. The van der Waals surface area contributed by atoms with Crippen molar-refractivity contribution in [1.82, 2.24) is 9.55 Å². The van der Waals surface area contributed by atoms with Gasteiger partial charge in [-0.15, -0.1) is 0 Å². The van der Waals surface area contributed by atoms with E-state index in [0.717, 1.165) is 38.4 Å². The summed E-state index contributed by atoms with van der Waals surface area (Å²) in [4.78, 5) is 4.50. The molecule has 9 aromatic carbocycles. The predicted molar refractivity (Wildman–Crippen MR) is 233 cm³/mol. The fourth-order valence-corrected chi connectivity index (χ4v) is 7.62. The Morgan fingerprint density at radius 1 is 0.473 bits per heavy atom. The Bertz CT molecular complexity index is 3760. The Hall–Kier alpha value is -7.03. The number of aromatic nitrogens is 2. The van der Waals surface area contributed by atoms with Crippen LogP contribution in [-0.2, 0) is 6.37 Å². The Labute approximate surface area is 342 Å². The van der Waals surface area contributed by atoms with Crippen LogP contribution in [0.4, 0.5) is 0 Å². The molecule has 10 rings (SSSR count). The smallest absolute Gasteiger partial charge is 0.114 e. The van der Waals surface area contributed by atoms with Crippen LogP contribution in [0.5, 0.6) is 0 Å². The molecule has 0 saturated carbocycles. The fourth-order valence-electron chi connectivity index (χ4n) is 7.62. The standard InChI is InChI=1S/C53H38N2/c1-2-51-54-49-28-11-12-29-50(49)55(51)44-25-15-22-40(34-44)39-21-14-23-42(33-39)52-45-26-9-10-27-46(45)53(43-24-13-20-38(32-43)36-16-5-3-6-17-36)48-35-41(30-31-47(48)52)37-18-7-4-8-19-37/h3-35H,2H2,1H3/i1D3,2D2,3D,4D,5D,6D,7D,8D,16D,17D,18D,19D. The minimum absolute atomic E-state index is 0.0177. The number of fused-ring (bicyclic) bond motifs is 3. The molecule has 0 amide bonds. The highest BCUT2D eigenvalue weighted by Crippen LogP contribution is 2.46. The lowest BCUT2D eigenvalue weighted by Crippen LogP contribution is -2.00. The van der Waals surface area contributed by atoms with Gasteiger partial charge in [0.15, 0.2) is 0 Å². The molecule has 0 saturated heterocycles. The average molecular weight is 718 g/mol. The molecule has 0 aliphatic carbocycles. The zero-order chi connectivity index (χ0) is 49.7. The van der Waals surface area contributed by atoms with E-state index in [1.807, 2.05) is 84.9 Å². The highest BCUT2D eigenvalue weighted by Gasteiger charge is 2.19. The monoisotopic (exact) mass is 717 g/mol. The van der Waals surface area contributed by atoms with Crippen molar-refractivity contribution < 1.29 is 20.6 Å². The number of imidazole rings is 1. The van der Waals surface area contributed by atoms with Crippen molar-refractivity contribution in [3.8, 4) is 61.3 Å². The summed E-state index contributed by atoms with van der Waals surface area (Å²) in [6, 6.07) is 38.2. The number of rotatable bonds is 7. The molecule has 0 fully saturated rings. The highest BCUT2D eigenvalue weighted by atomic mass is 15.1. The minimum atomic E-state index is -3.01. The second kappa shape index (κ2) is 13.7. The van der Waals surface area contributed by atoms with Gasteiger partial charge in [-0.3, -0.25) is 4.57 Å². The van der Waals surface area contributed by atoms with Gasteiger partial charge in [0.25, 0.3) is 0 Å². The van der Waals surface area contributed by atoms with Crippen LogP contribution >= 0.6 is 0 Å². The Kier molecular flexibility index (Phi) is 5.11. The summed E-state index contributed by atoms with van der Waals surface area (Å²) in [7, 11) is 0. The first kappa shape index (κ1) is 20.4. The molecular weight excluding hydrogens is 665 g/mol. The maximum absolute atomic E-state index is 8.89. The zero-order valence-electron chi connectivity index (χ0n) is 44.2. The molecule has 1 heterocycles. The van der Waals surface area contributed by atoms with Gasteiger partial charge in [-0.2, -0.15) is 0 Å². The van der Waals surface area contributed by atoms with Crippen LogP contribution in [0, 0.1) is 0 Å². The van der Waals surface area contributed by atoms with E-state index in [1.54, 1.807) is 59.2 Å². The van der Waals surface area contributed by atoms with Crippen molar-refractivity contribution in [2.75, 3.05) is 0 Å². The molecule has 0 N–H and O–H groups in total. The van der Waals surface area contributed by atoms with E-state index in [-0.39, 0.29) is 41.1 Å². The van der Waals surface area contributed by atoms with Crippen LogP contribution in [0.15, 0.2) is 200 Å². The molecule has 0 radical (unpaired) electrons. The minimum Gasteiger partial charge on any atom is -0.296 e.